The second-order valence-electron chi connectivity index (χ2n) is 5.98. The van der Waals surface area contributed by atoms with Crippen molar-refractivity contribution in [2.45, 2.75) is 56.3 Å². The van der Waals surface area contributed by atoms with Crippen molar-refractivity contribution >= 4 is 27.7 Å². The molecule has 0 atom stereocenters. The number of H-pyrrole nitrogens is 1. The van der Waals surface area contributed by atoms with Crippen LogP contribution in [0, 0.1) is 0 Å². The van der Waals surface area contributed by atoms with E-state index in [1.165, 1.54) is 11.8 Å². The Morgan fingerprint density at radius 2 is 2.00 bits per heavy atom. The minimum Gasteiger partial charge on any atom is -0.267 e. The minimum absolute atomic E-state index is 0.0334. The van der Waals surface area contributed by atoms with E-state index < -0.39 is 0 Å². The highest BCUT2D eigenvalue weighted by Crippen LogP contribution is 2.29. The number of nitrogens with zero attached hydrogens (tertiary/aromatic N) is 4. The average Bonchev–Trinajstić information content (AvgIpc) is 2.68. The molecule has 8 heteroatoms. The lowest BCUT2D eigenvalue weighted by molar-refractivity contribution is 0.530. The average molecular weight is 372 g/mol. The van der Waals surface area contributed by atoms with Crippen LogP contribution in [-0.4, -0.2) is 24.7 Å². The number of rotatable bonds is 3. The standard InChI is InChI=1S/C13H18BrN5OS/c1-7(2)19-11(20)17-18-12(19)21-9-6-8(14)15-10(16-9)13(3,4)5/h6-7H,1-5H3,(H,17,20). The van der Waals surface area contributed by atoms with Crippen LogP contribution in [-0.2, 0) is 5.41 Å². The van der Waals surface area contributed by atoms with Gasteiger partial charge in [0.2, 0.25) is 0 Å². The molecule has 2 aromatic heterocycles. The van der Waals surface area contributed by atoms with E-state index in [1.54, 1.807) is 4.57 Å². The van der Waals surface area contributed by atoms with Crippen molar-refractivity contribution in [3.63, 3.8) is 0 Å². The van der Waals surface area contributed by atoms with Crippen LogP contribution < -0.4 is 5.69 Å². The molecular weight excluding hydrogens is 354 g/mol. The summed E-state index contributed by atoms with van der Waals surface area (Å²) >= 11 is 4.76. The molecule has 2 aromatic rings. The van der Waals surface area contributed by atoms with Crippen molar-refractivity contribution in [1.29, 1.82) is 0 Å². The molecule has 0 bridgehead atoms. The van der Waals surface area contributed by atoms with Crippen LogP contribution in [0.5, 0.6) is 0 Å². The molecule has 0 aromatic carbocycles. The zero-order chi connectivity index (χ0) is 15.8. The molecule has 0 aliphatic rings. The van der Waals surface area contributed by atoms with E-state index in [1.807, 2.05) is 19.9 Å². The van der Waals surface area contributed by atoms with Gasteiger partial charge in [0.1, 0.15) is 15.5 Å². The summed E-state index contributed by atoms with van der Waals surface area (Å²) in [5, 5.41) is 7.90. The van der Waals surface area contributed by atoms with Crippen molar-refractivity contribution in [2.24, 2.45) is 0 Å². The van der Waals surface area contributed by atoms with E-state index in [2.05, 4.69) is 56.9 Å². The summed E-state index contributed by atoms with van der Waals surface area (Å²) in [7, 11) is 0. The van der Waals surface area contributed by atoms with Crippen LogP contribution in [0.15, 0.2) is 25.6 Å². The minimum atomic E-state index is -0.211. The molecule has 0 spiro atoms. The van der Waals surface area contributed by atoms with Crippen LogP contribution in [0.3, 0.4) is 0 Å². The third-order valence-electron chi connectivity index (χ3n) is 2.73. The zero-order valence-corrected chi connectivity index (χ0v) is 15.0. The van der Waals surface area contributed by atoms with Gasteiger partial charge in [-0.2, -0.15) is 0 Å². The monoisotopic (exact) mass is 371 g/mol. The highest BCUT2D eigenvalue weighted by molar-refractivity contribution is 9.10. The third-order valence-corrected chi connectivity index (χ3v) is 4.02. The summed E-state index contributed by atoms with van der Waals surface area (Å²) in [6.07, 6.45) is 0. The SMILES string of the molecule is CC(C)n1c(Sc2cc(Br)nc(C(C)(C)C)n2)n[nH]c1=O. The molecule has 0 amide bonds. The normalized spacial score (nSPS) is 12.1. The Morgan fingerprint density at radius 1 is 1.33 bits per heavy atom. The van der Waals surface area contributed by atoms with Crippen LogP contribution in [0.1, 0.15) is 46.5 Å². The predicted octanol–water partition coefficient (Wildman–Crippen LogP) is 3.15. The predicted molar refractivity (Wildman–Crippen MR) is 85.8 cm³/mol. The van der Waals surface area contributed by atoms with Crippen LogP contribution in [0.25, 0.3) is 0 Å². The van der Waals surface area contributed by atoms with Gasteiger partial charge in [-0.3, -0.25) is 4.57 Å². The molecule has 2 heterocycles. The topological polar surface area (TPSA) is 76.5 Å². The molecule has 21 heavy (non-hydrogen) atoms. The Morgan fingerprint density at radius 3 is 2.57 bits per heavy atom. The fourth-order valence-corrected chi connectivity index (χ4v) is 3.21. The Hall–Kier alpha value is -1.15. The largest absolute Gasteiger partial charge is 0.344 e. The maximum atomic E-state index is 11.8. The third kappa shape index (κ3) is 3.74. The van der Waals surface area contributed by atoms with Crippen LogP contribution >= 0.6 is 27.7 Å². The molecule has 0 radical (unpaired) electrons. The van der Waals surface area contributed by atoms with Gasteiger partial charge in [-0.25, -0.2) is 19.9 Å². The van der Waals surface area contributed by atoms with Gasteiger partial charge in [0.15, 0.2) is 5.16 Å². The fourth-order valence-electron chi connectivity index (χ4n) is 1.70. The lowest BCUT2D eigenvalue weighted by atomic mass is 9.96. The maximum absolute atomic E-state index is 11.8. The first-order valence-corrected chi connectivity index (χ1v) is 8.19. The second kappa shape index (κ2) is 5.92. The summed E-state index contributed by atoms with van der Waals surface area (Å²) in [4.78, 5) is 20.7. The fraction of sp³-hybridized carbons (Fsp3) is 0.538. The van der Waals surface area contributed by atoms with Crippen molar-refractivity contribution < 1.29 is 0 Å². The van der Waals surface area contributed by atoms with Gasteiger partial charge in [-0.1, -0.05) is 20.8 Å². The van der Waals surface area contributed by atoms with Gasteiger partial charge in [0.25, 0.3) is 0 Å². The first-order chi connectivity index (χ1) is 9.68. The second-order valence-corrected chi connectivity index (χ2v) is 7.78. The van der Waals surface area contributed by atoms with Gasteiger partial charge in [0.05, 0.1) is 0 Å². The summed E-state index contributed by atoms with van der Waals surface area (Å²) in [5.41, 5.74) is -0.362. The first kappa shape index (κ1) is 16.2. The maximum Gasteiger partial charge on any atom is 0.344 e. The van der Waals surface area contributed by atoms with Gasteiger partial charge in [-0.05, 0) is 41.5 Å². The first-order valence-electron chi connectivity index (χ1n) is 6.58. The van der Waals surface area contributed by atoms with E-state index >= 15 is 0 Å². The summed E-state index contributed by atoms with van der Waals surface area (Å²) in [5.74, 6) is 0.744. The molecular formula is C13H18BrN5OS. The van der Waals surface area contributed by atoms with E-state index in [4.69, 9.17) is 0 Å². The Kier molecular flexibility index (Phi) is 4.57. The molecule has 0 saturated heterocycles. The molecule has 114 valence electrons. The molecule has 0 aliphatic carbocycles. The lowest BCUT2D eigenvalue weighted by Crippen LogP contribution is -2.19. The van der Waals surface area contributed by atoms with Gasteiger partial charge >= 0.3 is 5.69 Å². The highest BCUT2D eigenvalue weighted by atomic mass is 79.9. The molecule has 6 nitrogen and oxygen atoms in total. The molecule has 0 aliphatic heterocycles. The summed E-state index contributed by atoms with van der Waals surface area (Å²) < 4.78 is 2.33. The van der Waals surface area contributed by atoms with E-state index in [9.17, 15) is 4.79 Å². The zero-order valence-electron chi connectivity index (χ0n) is 12.6. The number of hydrogen-bond acceptors (Lipinski definition) is 5. The quantitative estimate of drug-likeness (QED) is 0.838. The van der Waals surface area contributed by atoms with Gasteiger partial charge in [0, 0.05) is 17.5 Å². The number of aromatic nitrogens is 5. The van der Waals surface area contributed by atoms with Crippen LogP contribution in [0.4, 0.5) is 0 Å². The lowest BCUT2D eigenvalue weighted by Gasteiger charge is -2.17. The van der Waals surface area contributed by atoms with Crippen molar-refractivity contribution in [1.82, 2.24) is 24.7 Å². The molecule has 0 fully saturated rings. The smallest absolute Gasteiger partial charge is 0.267 e. The number of nitrogens with one attached hydrogen (secondary N) is 1. The Labute approximate surface area is 135 Å². The van der Waals surface area contributed by atoms with Crippen LogP contribution in [0.2, 0.25) is 0 Å². The Balaban J connectivity index is 2.41. The van der Waals surface area contributed by atoms with E-state index in [0.717, 1.165) is 15.5 Å². The van der Waals surface area contributed by atoms with Gasteiger partial charge in [-0.15, -0.1) is 5.10 Å². The molecule has 1 N–H and O–H groups in total. The van der Waals surface area contributed by atoms with E-state index in [0.29, 0.717) is 5.16 Å². The van der Waals surface area contributed by atoms with Gasteiger partial charge < -0.3 is 0 Å². The van der Waals surface area contributed by atoms with Crippen molar-refractivity contribution in [2.75, 3.05) is 0 Å². The number of aromatic amines is 1. The highest BCUT2D eigenvalue weighted by Gasteiger charge is 2.20. The summed E-state index contributed by atoms with van der Waals surface area (Å²) in [6.45, 7) is 10.1. The number of halogens is 1. The Bertz CT molecular complexity index is 701. The molecule has 0 saturated carbocycles. The molecule has 2 rings (SSSR count). The van der Waals surface area contributed by atoms with Crippen molar-refractivity contribution in [3.05, 3.63) is 27.0 Å². The van der Waals surface area contributed by atoms with Crippen molar-refractivity contribution in [3.8, 4) is 0 Å². The number of hydrogen-bond donors (Lipinski definition) is 1. The van der Waals surface area contributed by atoms with E-state index in [-0.39, 0.29) is 17.1 Å². The molecule has 0 unspecified atom stereocenters. The summed E-state index contributed by atoms with van der Waals surface area (Å²) in [6, 6.07) is 1.86.